The van der Waals surface area contributed by atoms with Gasteiger partial charge in [-0.1, -0.05) is 41.4 Å². The molecule has 7 heteroatoms. The minimum Gasteiger partial charge on any atom is -0.462 e. The summed E-state index contributed by atoms with van der Waals surface area (Å²) >= 11 is 12.3. The number of halogens is 2. The van der Waals surface area contributed by atoms with Crippen LogP contribution in [0.25, 0.3) is 10.1 Å². The first-order chi connectivity index (χ1) is 9.54. The van der Waals surface area contributed by atoms with Crippen molar-refractivity contribution in [3.63, 3.8) is 0 Å². The van der Waals surface area contributed by atoms with Crippen molar-refractivity contribution in [2.75, 3.05) is 11.9 Å². The zero-order valence-corrected chi connectivity index (χ0v) is 12.8. The van der Waals surface area contributed by atoms with E-state index in [0.29, 0.717) is 10.6 Å². The molecule has 0 unspecified atom stereocenters. The van der Waals surface area contributed by atoms with Crippen LogP contribution in [0.2, 0.25) is 0 Å². The lowest BCUT2D eigenvalue weighted by atomic mass is 10.1. The van der Waals surface area contributed by atoms with Crippen molar-refractivity contribution >= 4 is 61.5 Å². The molecule has 0 radical (unpaired) electrons. The topological polar surface area (TPSA) is 55.4 Å². The van der Waals surface area contributed by atoms with Crippen molar-refractivity contribution in [1.82, 2.24) is 0 Å². The molecule has 0 spiro atoms. The Morgan fingerprint density at radius 1 is 1.35 bits per heavy atom. The number of hydrogen-bond acceptors (Lipinski definition) is 4. The highest BCUT2D eigenvalue weighted by molar-refractivity contribution is 7.23. The lowest BCUT2D eigenvalue weighted by Crippen LogP contribution is -2.19. The van der Waals surface area contributed by atoms with Crippen LogP contribution in [0.4, 0.5) is 5.00 Å². The van der Waals surface area contributed by atoms with Crippen LogP contribution in [0.15, 0.2) is 24.3 Å². The molecule has 1 aromatic carbocycles. The number of alkyl halides is 2. The van der Waals surface area contributed by atoms with Gasteiger partial charge >= 0.3 is 5.97 Å². The third-order valence-corrected chi connectivity index (χ3v) is 3.99. The Labute approximate surface area is 129 Å². The quantitative estimate of drug-likeness (QED) is 0.684. The van der Waals surface area contributed by atoms with Crippen LogP contribution in [-0.4, -0.2) is 23.3 Å². The highest BCUT2D eigenvalue weighted by atomic mass is 35.5. The Morgan fingerprint density at radius 3 is 2.70 bits per heavy atom. The molecule has 1 amide bonds. The maximum Gasteiger partial charge on any atom is 0.341 e. The highest BCUT2D eigenvalue weighted by Gasteiger charge is 2.22. The first kappa shape index (κ1) is 15.1. The van der Waals surface area contributed by atoms with Crippen LogP contribution >= 0.6 is 34.5 Å². The minimum atomic E-state index is -1.20. The van der Waals surface area contributed by atoms with E-state index in [1.807, 2.05) is 18.2 Å². The van der Waals surface area contributed by atoms with Gasteiger partial charge in [-0.15, -0.1) is 11.3 Å². The number of amides is 1. The zero-order valence-electron chi connectivity index (χ0n) is 10.5. The average molecular weight is 332 g/mol. The Kier molecular flexibility index (Phi) is 4.86. The van der Waals surface area contributed by atoms with Crippen molar-refractivity contribution in [1.29, 1.82) is 0 Å². The van der Waals surface area contributed by atoms with Gasteiger partial charge in [0.05, 0.1) is 6.61 Å². The van der Waals surface area contributed by atoms with Gasteiger partial charge in [0, 0.05) is 10.1 Å². The van der Waals surface area contributed by atoms with Crippen LogP contribution in [0.3, 0.4) is 0 Å². The number of hydrogen-bond donors (Lipinski definition) is 1. The van der Waals surface area contributed by atoms with Crippen molar-refractivity contribution in [2.45, 2.75) is 11.8 Å². The summed E-state index contributed by atoms with van der Waals surface area (Å²) in [5.41, 5.74) is 0.329. The number of fused-ring (bicyclic) bond motifs is 1. The highest BCUT2D eigenvalue weighted by Crippen LogP contribution is 2.36. The number of nitrogens with one attached hydrogen (secondary N) is 1. The predicted molar refractivity (Wildman–Crippen MR) is 81.9 cm³/mol. The summed E-state index contributed by atoms with van der Waals surface area (Å²) in [6.45, 7) is 1.97. The van der Waals surface area contributed by atoms with E-state index in [-0.39, 0.29) is 6.61 Å². The number of thiophene rings is 1. The third-order valence-electron chi connectivity index (χ3n) is 2.51. The van der Waals surface area contributed by atoms with Gasteiger partial charge in [0.1, 0.15) is 10.6 Å². The molecule has 0 saturated carbocycles. The molecule has 106 valence electrons. The molecular formula is C13H11Cl2NO3S. The van der Waals surface area contributed by atoms with Gasteiger partial charge in [-0.3, -0.25) is 4.79 Å². The van der Waals surface area contributed by atoms with Gasteiger partial charge in [-0.25, -0.2) is 4.79 Å². The molecule has 2 aromatic rings. The molecule has 1 aromatic heterocycles. The molecule has 0 saturated heterocycles. The molecule has 2 rings (SSSR count). The number of esters is 1. The fourth-order valence-corrected chi connectivity index (χ4v) is 2.91. The molecule has 1 N–H and O–H groups in total. The van der Waals surface area contributed by atoms with Crippen LogP contribution in [0, 0.1) is 0 Å². The van der Waals surface area contributed by atoms with E-state index in [2.05, 4.69) is 5.32 Å². The largest absolute Gasteiger partial charge is 0.462 e. The van der Waals surface area contributed by atoms with Crippen LogP contribution in [0.1, 0.15) is 17.3 Å². The van der Waals surface area contributed by atoms with Crippen LogP contribution in [0.5, 0.6) is 0 Å². The van der Waals surface area contributed by atoms with Crippen LogP contribution in [-0.2, 0) is 9.53 Å². The van der Waals surface area contributed by atoms with Gasteiger partial charge in [-0.05, 0) is 13.0 Å². The van der Waals surface area contributed by atoms with Gasteiger partial charge < -0.3 is 10.1 Å². The fourth-order valence-electron chi connectivity index (χ4n) is 1.71. The monoisotopic (exact) mass is 331 g/mol. The second-order valence-electron chi connectivity index (χ2n) is 3.81. The smallest absolute Gasteiger partial charge is 0.341 e. The average Bonchev–Trinajstić information content (AvgIpc) is 2.76. The summed E-state index contributed by atoms with van der Waals surface area (Å²) in [5.74, 6) is -1.06. The fraction of sp³-hybridized carbons (Fsp3) is 0.231. The molecule has 0 aliphatic heterocycles. The summed E-state index contributed by atoms with van der Waals surface area (Å²) in [5, 5.41) is 3.67. The summed E-state index contributed by atoms with van der Waals surface area (Å²) in [6, 6.07) is 7.32. The number of rotatable bonds is 4. The molecule has 4 nitrogen and oxygen atoms in total. The van der Waals surface area contributed by atoms with E-state index in [9.17, 15) is 9.59 Å². The maximum atomic E-state index is 12.1. The molecule has 0 atom stereocenters. The summed E-state index contributed by atoms with van der Waals surface area (Å²) in [4.78, 5) is 22.5. The van der Waals surface area contributed by atoms with Crippen LogP contribution < -0.4 is 5.32 Å². The van der Waals surface area contributed by atoms with E-state index < -0.39 is 16.7 Å². The second-order valence-corrected chi connectivity index (χ2v) is 5.96. The van der Waals surface area contributed by atoms with Crippen molar-refractivity contribution in [3.05, 3.63) is 29.8 Å². The summed E-state index contributed by atoms with van der Waals surface area (Å²) in [6.07, 6.45) is 0. The Morgan fingerprint density at radius 2 is 2.05 bits per heavy atom. The SMILES string of the molecule is CCOC(=O)c1c(NC(=O)C(Cl)Cl)sc2ccccc12. The molecule has 20 heavy (non-hydrogen) atoms. The van der Waals surface area contributed by atoms with Gasteiger partial charge in [0.15, 0.2) is 4.84 Å². The minimum absolute atomic E-state index is 0.254. The lowest BCUT2D eigenvalue weighted by molar-refractivity contribution is -0.114. The Bertz CT molecular complexity index is 654. The van der Waals surface area contributed by atoms with E-state index in [4.69, 9.17) is 27.9 Å². The predicted octanol–water partition coefficient (Wildman–Crippen LogP) is 3.82. The molecule has 0 fully saturated rings. The normalized spacial score (nSPS) is 10.8. The molecule has 0 aliphatic rings. The molecule has 0 aliphatic carbocycles. The second kappa shape index (κ2) is 6.43. The lowest BCUT2D eigenvalue weighted by Gasteiger charge is -2.06. The molecular weight excluding hydrogens is 321 g/mol. The molecule has 1 heterocycles. The summed E-state index contributed by atoms with van der Waals surface area (Å²) < 4.78 is 5.89. The van der Waals surface area contributed by atoms with Gasteiger partial charge in [0.25, 0.3) is 5.91 Å². The van der Waals surface area contributed by atoms with Gasteiger partial charge in [0.2, 0.25) is 0 Å². The number of carbonyl (C=O) groups excluding carboxylic acids is 2. The first-order valence-corrected chi connectivity index (χ1v) is 7.51. The van der Waals surface area contributed by atoms with E-state index in [0.717, 1.165) is 10.1 Å². The maximum absolute atomic E-state index is 12.1. The van der Waals surface area contributed by atoms with Crippen molar-refractivity contribution in [3.8, 4) is 0 Å². The Balaban J connectivity index is 2.49. The van der Waals surface area contributed by atoms with Crippen molar-refractivity contribution in [2.24, 2.45) is 0 Å². The van der Waals surface area contributed by atoms with E-state index in [1.54, 1.807) is 13.0 Å². The molecule has 0 bridgehead atoms. The third kappa shape index (κ3) is 3.06. The first-order valence-electron chi connectivity index (χ1n) is 5.82. The number of anilines is 1. The number of carbonyl (C=O) groups is 2. The van der Waals surface area contributed by atoms with Gasteiger partial charge in [-0.2, -0.15) is 0 Å². The number of benzene rings is 1. The Hall–Kier alpha value is -1.30. The number of ether oxygens (including phenoxy) is 1. The standard InChI is InChI=1S/C13H11Cl2NO3S/c1-2-19-13(18)9-7-5-3-4-6-8(7)20-12(9)16-11(17)10(14)15/h3-6,10H,2H2,1H3,(H,16,17). The summed E-state index contributed by atoms with van der Waals surface area (Å²) in [7, 11) is 0. The van der Waals surface area contributed by atoms with Crippen molar-refractivity contribution < 1.29 is 14.3 Å². The zero-order chi connectivity index (χ0) is 14.7. The van der Waals surface area contributed by atoms with E-state index >= 15 is 0 Å². The van der Waals surface area contributed by atoms with E-state index in [1.165, 1.54) is 11.3 Å².